The number of benzene rings is 1. The first-order valence-corrected chi connectivity index (χ1v) is 6.35. The van der Waals surface area contributed by atoms with E-state index in [1.165, 1.54) is 0 Å². The highest BCUT2D eigenvalue weighted by atomic mass is 32.2. The van der Waals surface area contributed by atoms with Crippen LogP contribution >= 0.6 is 12.6 Å². The van der Waals surface area contributed by atoms with Gasteiger partial charge in [0.25, 0.3) is 10.1 Å². The summed E-state index contributed by atoms with van der Waals surface area (Å²) in [6.07, 6.45) is 1.55. The van der Waals surface area contributed by atoms with Crippen LogP contribution in [-0.4, -0.2) is 18.0 Å². The van der Waals surface area contributed by atoms with Crippen LogP contribution < -0.4 is 0 Å². The van der Waals surface area contributed by atoms with Crippen molar-refractivity contribution in [2.75, 3.05) is 0 Å². The number of aromatic nitrogens is 1. The second-order valence-corrected chi connectivity index (χ2v) is 5.26. The predicted octanol–water partition coefficient (Wildman–Crippen LogP) is 2.08. The van der Waals surface area contributed by atoms with Crippen molar-refractivity contribution in [1.29, 1.82) is 0 Å². The van der Waals surface area contributed by atoms with Gasteiger partial charge < -0.3 is 0 Å². The molecule has 2 rings (SSSR count). The van der Waals surface area contributed by atoms with E-state index in [4.69, 9.17) is 0 Å². The molecule has 0 bridgehead atoms. The van der Waals surface area contributed by atoms with E-state index in [1.54, 1.807) is 31.3 Å². The maximum atomic E-state index is 11.3. The minimum atomic E-state index is -4.25. The molecule has 0 aliphatic heterocycles. The highest BCUT2D eigenvalue weighted by Crippen LogP contribution is 2.29. The third-order valence-corrected chi connectivity index (χ3v) is 3.66. The average Bonchev–Trinajstić information content (AvgIpc) is 2.15. The Balaban J connectivity index is 3.05. The molecule has 84 valence electrons. The Kier molecular flexibility index (Phi) is 2.65. The smallest absolute Gasteiger partial charge is 0.282 e. The number of aryl methyl sites for hydroxylation is 1. The number of fused-ring (bicyclic) bond motifs is 1. The Labute approximate surface area is 98.5 Å². The average molecular weight is 255 g/mol. The van der Waals surface area contributed by atoms with E-state index in [-0.39, 0.29) is 4.90 Å². The van der Waals surface area contributed by atoms with Crippen molar-refractivity contribution in [2.45, 2.75) is 16.7 Å². The lowest BCUT2D eigenvalue weighted by Crippen LogP contribution is -2.03. The van der Waals surface area contributed by atoms with Gasteiger partial charge >= 0.3 is 0 Å². The molecule has 4 nitrogen and oxygen atoms in total. The molecule has 0 saturated heterocycles. The van der Waals surface area contributed by atoms with Gasteiger partial charge in [-0.05, 0) is 30.7 Å². The van der Waals surface area contributed by atoms with Gasteiger partial charge in [0.2, 0.25) is 0 Å². The van der Waals surface area contributed by atoms with Crippen molar-refractivity contribution in [1.82, 2.24) is 4.98 Å². The van der Waals surface area contributed by atoms with Crippen molar-refractivity contribution in [3.63, 3.8) is 0 Å². The molecule has 0 radical (unpaired) electrons. The van der Waals surface area contributed by atoms with Crippen molar-refractivity contribution in [3.05, 3.63) is 30.0 Å². The Morgan fingerprint density at radius 3 is 2.75 bits per heavy atom. The standard InChI is InChI=1S/C10H9NO3S2/c1-6-5-8(15)9-7(3-2-4-11-9)10(6)16(12,13)14/h2-5,15H,1H3,(H,12,13,14). The molecule has 0 saturated carbocycles. The molecule has 0 amide bonds. The van der Waals surface area contributed by atoms with Crippen LogP contribution in [0.2, 0.25) is 0 Å². The fourth-order valence-electron chi connectivity index (χ4n) is 1.69. The molecule has 0 aliphatic carbocycles. The molecular weight excluding hydrogens is 246 g/mol. The van der Waals surface area contributed by atoms with Gasteiger partial charge in [0.1, 0.15) is 4.90 Å². The highest BCUT2D eigenvalue weighted by Gasteiger charge is 2.18. The minimum absolute atomic E-state index is 0.103. The van der Waals surface area contributed by atoms with Gasteiger partial charge in [0.15, 0.2) is 0 Å². The van der Waals surface area contributed by atoms with Gasteiger partial charge in [-0.15, -0.1) is 12.6 Å². The normalized spacial score (nSPS) is 11.9. The Morgan fingerprint density at radius 1 is 1.44 bits per heavy atom. The SMILES string of the molecule is Cc1cc(S)c2ncccc2c1S(=O)(=O)O. The fraction of sp³-hybridized carbons (Fsp3) is 0.100. The summed E-state index contributed by atoms with van der Waals surface area (Å²) < 4.78 is 31.7. The van der Waals surface area contributed by atoms with Gasteiger partial charge in [-0.2, -0.15) is 8.42 Å². The maximum Gasteiger partial charge on any atom is 0.295 e. The minimum Gasteiger partial charge on any atom is -0.282 e. The van der Waals surface area contributed by atoms with Crippen molar-refractivity contribution in [2.24, 2.45) is 0 Å². The largest absolute Gasteiger partial charge is 0.295 e. The van der Waals surface area contributed by atoms with E-state index in [2.05, 4.69) is 17.6 Å². The molecule has 1 heterocycles. The number of thiol groups is 1. The summed E-state index contributed by atoms with van der Waals surface area (Å²) in [4.78, 5) is 4.52. The van der Waals surface area contributed by atoms with Crippen LogP contribution in [-0.2, 0) is 10.1 Å². The van der Waals surface area contributed by atoms with Gasteiger partial charge in [-0.1, -0.05) is 0 Å². The van der Waals surface area contributed by atoms with Crippen LogP contribution in [0, 0.1) is 6.92 Å². The van der Waals surface area contributed by atoms with Crippen LogP contribution in [0.3, 0.4) is 0 Å². The first kappa shape index (κ1) is 11.4. The van der Waals surface area contributed by atoms with Crippen molar-refractivity contribution < 1.29 is 13.0 Å². The van der Waals surface area contributed by atoms with Gasteiger partial charge in [-0.25, -0.2) is 0 Å². The van der Waals surface area contributed by atoms with Crippen molar-refractivity contribution >= 4 is 33.6 Å². The Hall–Kier alpha value is -1.11. The summed E-state index contributed by atoms with van der Waals surface area (Å²) in [5.74, 6) is 0. The first-order valence-electron chi connectivity index (χ1n) is 4.46. The monoisotopic (exact) mass is 255 g/mol. The lowest BCUT2D eigenvalue weighted by atomic mass is 10.1. The second kappa shape index (κ2) is 3.73. The van der Waals surface area contributed by atoms with Gasteiger partial charge in [-0.3, -0.25) is 9.54 Å². The molecule has 0 fully saturated rings. The van der Waals surface area contributed by atoms with E-state index in [0.29, 0.717) is 21.4 Å². The topological polar surface area (TPSA) is 67.3 Å². The predicted molar refractivity (Wildman–Crippen MR) is 63.5 cm³/mol. The summed E-state index contributed by atoms with van der Waals surface area (Å²) in [5.41, 5.74) is 0.914. The zero-order valence-electron chi connectivity index (χ0n) is 8.38. The van der Waals surface area contributed by atoms with E-state index in [0.717, 1.165) is 0 Å². The molecule has 0 atom stereocenters. The van der Waals surface area contributed by atoms with Gasteiger partial charge in [0.05, 0.1) is 5.52 Å². The molecule has 0 aliphatic rings. The third-order valence-electron chi connectivity index (χ3n) is 2.26. The second-order valence-electron chi connectivity index (χ2n) is 3.42. The number of pyridine rings is 1. The molecule has 2 aromatic rings. The molecule has 6 heteroatoms. The molecule has 1 aromatic carbocycles. The summed E-state index contributed by atoms with van der Waals surface area (Å²) in [7, 11) is -4.25. The molecule has 1 N–H and O–H groups in total. The van der Waals surface area contributed by atoms with Crippen molar-refractivity contribution in [3.8, 4) is 0 Å². The lowest BCUT2D eigenvalue weighted by Gasteiger charge is -2.08. The zero-order valence-corrected chi connectivity index (χ0v) is 10.1. The third kappa shape index (κ3) is 1.79. The summed E-state index contributed by atoms with van der Waals surface area (Å²) in [5, 5.41) is 0.384. The fourth-order valence-corrected chi connectivity index (χ4v) is 2.97. The number of nitrogens with zero attached hydrogens (tertiary/aromatic N) is 1. The number of hydrogen-bond donors (Lipinski definition) is 2. The van der Waals surface area contributed by atoms with Crippen LogP contribution in [0.4, 0.5) is 0 Å². The molecular formula is C10H9NO3S2. The number of hydrogen-bond acceptors (Lipinski definition) is 4. The molecule has 16 heavy (non-hydrogen) atoms. The molecule has 0 unspecified atom stereocenters. The lowest BCUT2D eigenvalue weighted by molar-refractivity contribution is 0.483. The molecule has 0 spiro atoms. The zero-order chi connectivity index (χ0) is 11.9. The van der Waals surface area contributed by atoms with E-state index < -0.39 is 10.1 Å². The maximum absolute atomic E-state index is 11.3. The number of rotatable bonds is 1. The Bertz CT molecular complexity index is 665. The van der Waals surface area contributed by atoms with E-state index in [1.807, 2.05) is 0 Å². The highest BCUT2D eigenvalue weighted by molar-refractivity contribution is 7.86. The van der Waals surface area contributed by atoms with Crippen LogP contribution in [0.25, 0.3) is 10.9 Å². The quantitative estimate of drug-likeness (QED) is 0.604. The van der Waals surface area contributed by atoms with E-state index >= 15 is 0 Å². The summed E-state index contributed by atoms with van der Waals surface area (Å²) in [6.45, 7) is 1.61. The van der Waals surface area contributed by atoms with Crippen LogP contribution in [0.15, 0.2) is 34.2 Å². The molecule has 1 aromatic heterocycles. The summed E-state index contributed by atoms with van der Waals surface area (Å²) in [6, 6.07) is 4.78. The summed E-state index contributed by atoms with van der Waals surface area (Å²) >= 11 is 4.22. The Morgan fingerprint density at radius 2 is 2.12 bits per heavy atom. The van der Waals surface area contributed by atoms with Gasteiger partial charge in [0, 0.05) is 16.5 Å². The first-order chi connectivity index (χ1) is 7.41. The van der Waals surface area contributed by atoms with E-state index in [9.17, 15) is 13.0 Å². The van der Waals surface area contributed by atoms with Crippen LogP contribution in [0.1, 0.15) is 5.56 Å². The van der Waals surface area contributed by atoms with Crippen LogP contribution in [0.5, 0.6) is 0 Å².